The lowest BCUT2D eigenvalue weighted by molar-refractivity contribution is -0.169. The number of phenolic OH excluding ortho intramolecular Hbond substituents is 2. The van der Waals surface area contributed by atoms with Crippen LogP contribution < -0.4 is 0 Å². The van der Waals surface area contributed by atoms with Crippen molar-refractivity contribution in [1.29, 1.82) is 0 Å². The Morgan fingerprint density at radius 3 is 2.22 bits per heavy atom. The van der Waals surface area contributed by atoms with E-state index < -0.39 is 5.60 Å². The molecule has 2 heterocycles. The topological polar surface area (TPSA) is 67.2 Å². The molecule has 3 N–H and O–H groups in total. The molecule has 1 unspecified atom stereocenters. The number of aliphatic hydroxyl groups is 1. The molecule has 0 radical (unpaired) electrons. The van der Waals surface area contributed by atoms with Crippen LogP contribution in [0.5, 0.6) is 11.5 Å². The highest BCUT2D eigenvalue weighted by molar-refractivity contribution is 5.48. The first kappa shape index (κ1) is 30.0. The molecule has 0 aromatic heterocycles. The second-order valence-corrected chi connectivity index (χ2v) is 16.0. The van der Waals surface area contributed by atoms with Crippen LogP contribution in [0.3, 0.4) is 0 Å². The summed E-state index contributed by atoms with van der Waals surface area (Å²) in [5.41, 5.74) is 5.18. The van der Waals surface area contributed by atoms with Crippen molar-refractivity contribution in [3.8, 4) is 11.5 Å². The first-order valence-corrected chi connectivity index (χ1v) is 18.3. The molecule has 9 rings (SSSR count). The Labute approximate surface area is 270 Å². The van der Waals surface area contributed by atoms with Gasteiger partial charge < -0.3 is 15.3 Å². The number of fused-ring (bicyclic) bond motifs is 2. The number of piperidine rings is 2. The number of likely N-dealkylation sites (tertiary alicyclic amines) is 2. The van der Waals surface area contributed by atoms with Gasteiger partial charge in [-0.15, -0.1) is 6.58 Å². The van der Waals surface area contributed by atoms with Gasteiger partial charge in [0.2, 0.25) is 0 Å². The zero-order chi connectivity index (χ0) is 30.8. The van der Waals surface area contributed by atoms with E-state index in [1.807, 2.05) is 18.2 Å². The Morgan fingerprint density at radius 2 is 1.47 bits per heavy atom. The molecule has 5 aliphatic carbocycles. The highest BCUT2D eigenvalue weighted by Crippen LogP contribution is 2.59. The van der Waals surface area contributed by atoms with E-state index in [1.54, 1.807) is 0 Å². The summed E-state index contributed by atoms with van der Waals surface area (Å²) in [5, 5.41) is 32.0. The average Bonchev–Trinajstić information content (AvgIpc) is 3.02. The number of aromatic hydroxyl groups is 2. The standard InChI is InChI=1S/C21H29NO2.C19H25NO/c23-17-7-6-16-12-19-21(24)9-2-1-8-20(21,18(16)13-17)10-11-22(19)14-15-4-3-5-15;1-2-10-20-11-9-19-8-4-3-5-16(19)18(20)12-14-6-7-15(21)13-17(14)19/h6-7,13,15,19,23-24H,1-5,8-12,14H2;2,6-7,13,16,18,21H,1,3-5,8-12H2/t19?,20-,21+;16-,18+,19+/m00/s1. The average molecular weight is 611 g/mol. The molecule has 0 amide bonds. The smallest absolute Gasteiger partial charge is 0.115 e. The molecule has 5 fully saturated rings. The molecule has 2 aromatic carbocycles. The Balaban J connectivity index is 0.000000135. The number of hydrogen-bond donors (Lipinski definition) is 3. The van der Waals surface area contributed by atoms with Gasteiger partial charge in [-0.25, -0.2) is 0 Å². The van der Waals surface area contributed by atoms with Crippen LogP contribution >= 0.6 is 0 Å². The minimum Gasteiger partial charge on any atom is -0.508 e. The molecule has 3 saturated carbocycles. The van der Waals surface area contributed by atoms with Gasteiger partial charge in [0.15, 0.2) is 0 Å². The molecule has 242 valence electrons. The number of phenols is 2. The maximum absolute atomic E-state index is 11.9. The Kier molecular flexibility index (Phi) is 7.62. The maximum Gasteiger partial charge on any atom is 0.115 e. The van der Waals surface area contributed by atoms with Gasteiger partial charge in [0.1, 0.15) is 11.5 Å². The van der Waals surface area contributed by atoms with Crippen LogP contribution in [0.4, 0.5) is 0 Å². The minimum atomic E-state index is -0.603. The minimum absolute atomic E-state index is 0.127. The van der Waals surface area contributed by atoms with Gasteiger partial charge in [0.05, 0.1) is 5.60 Å². The van der Waals surface area contributed by atoms with Crippen molar-refractivity contribution in [1.82, 2.24) is 9.80 Å². The Bertz CT molecular complexity index is 1440. The number of benzene rings is 2. The molecular weight excluding hydrogens is 556 g/mol. The van der Waals surface area contributed by atoms with Crippen LogP contribution in [0.25, 0.3) is 0 Å². The Morgan fingerprint density at radius 1 is 0.756 bits per heavy atom. The zero-order valence-electron chi connectivity index (χ0n) is 27.2. The van der Waals surface area contributed by atoms with Crippen LogP contribution in [-0.2, 0) is 23.7 Å². The molecule has 5 heteroatoms. The van der Waals surface area contributed by atoms with Gasteiger partial charge in [0, 0.05) is 36.0 Å². The third-order valence-corrected chi connectivity index (χ3v) is 14.1. The third-order valence-electron chi connectivity index (χ3n) is 14.1. The van der Waals surface area contributed by atoms with Gasteiger partial charge >= 0.3 is 0 Å². The molecule has 2 saturated heterocycles. The molecule has 2 aliphatic heterocycles. The summed E-state index contributed by atoms with van der Waals surface area (Å²) in [6.07, 6.45) is 20.3. The van der Waals surface area contributed by atoms with Crippen LogP contribution in [0, 0.1) is 11.8 Å². The summed E-state index contributed by atoms with van der Waals surface area (Å²) in [7, 11) is 0. The SMILES string of the molecule is C=CCN1CC[C@]23CCCC[C@H]2[C@H]1Cc1ccc(O)cc13.Oc1ccc2c(c1)[C@@]13CCCC[C@@]1(O)C(C2)N(CC1CCC1)CC3. The monoisotopic (exact) mass is 610 g/mol. The van der Waals surface area contributed by atoms with Crippen molar-refractivity contribution in [2.24, 2.45) is 11.8 Å². The number of rotatable bonds is 4. The molecule has 4 bridgehead atoms. The van der Waals surface area contributed by atoms with Gasteiger partial charge in [0.25, 0.3) is 0 Å². The summed E-state index contributed by atoms with van der Waals surface area (Å²) in [6.45, 7) is 8.43. The van der Waals surface area contributed by atoms with Crippen molar-refractivity contribution >= 4 is 0 Å². The first-order valence-electron chi connectivity index (χ1n) is 18.3. The van der Waals surface area contributed by atoms with Crippen molar-refractivity contribution in [3.05, 3.63) is 71.3 Å². The largest absolute Gasteiger partial charge is 0.508 e. The van der Waals surface area contributed by atoms with Gasteiger partial charge in [-0.2, -0.15) is 0 Å². The molecule has 5 nitrogen and oxygen atoms in total. The van der Waals surface area contributed by atoms with Crippen molar-refractivity contribution in [2.45, 2.75) is 125 Å². The maximum atomic E-state index is 11.9. The third kappa shape index (κ3) is 4.65. The van der Waals surface area contributed by atoms with E-state index in [2.05, 4.69) is 40.7 Å². The van der Waals surface area contributed by atoms with Gasteiger partial charge in [-0.3, -0.25) is 9.80 Å². The molecule has 6 atom stereocenters. The molecule has 7 aliphatic rings. The quantitative estimate of drug-likeness (QED) is 0.325. The lowest BCUT2D eigenvalue weighted by Crippen LogP contribution is -2.72. The summed E-state index contributed by atoms with van der Waals surface area (Å²) < 4.78 is 0. The van der Waals surface area contributed by atoms with E-state index in [0.717, 1.165) is 63.5 Å². The van der Waals surface area contributed by atoms with Gasteiger partial charge in [-0.1, -0.05) is 50.3 Å². The summed E-state index contributed by atoms with van der Waals surface area (Å²) in [4.78, 5) is 5.28. The normalized spacial score (nSPS) is 37.0. The van der Waals surface area contributed by atoms with E-state index in [0.29, 0.717) is 23.0 Å². The van der Waals surface area contributed by atoms with Crippen molar-refractivity contribution in [3.63, 3.8) is 0 Å². The fraction of sp³-hybridized carbons (Fsp3) is 0.650. The van der Waals surface area contributed by atoms with E-state index in [-0.39, 0.29) is 11.5 Å². The Hall–Kier alpha value is -2.34. The van der Waals surface area contributed by atoms with Crippen LogP contribution in [-0.4, -0.2) is 69.0 Å². The van der Waals surface area contributed by atoms with Crippen LogP contribution in [0.15, 0.2) is 49.1 Å². The number of nitrogens with zero attached hydrogens (tertiary/aromatic N) is 2. The van der Waals surface area contributed by atoms with Crippen molar-refractivity contribution < 1.29 is 15.3 Å². The van der Waals surface area contributed by atoms with E-state index in [1.165, 1.54) is 93.1 Å². The molecule has 45 heavy (non-hydrogen) atoms. The second kappa shape index (κ2) is 11.4. The summed E-state index contributed by atoms with van der Waals surface area (Å²) in [6, 6.07) is 13.0. The number of hydrogen-bond acceptors (Lipinski definition) is 5. The van der Waals surface area contributed by atoms with Crippen LogP contribution in [0.1, 0.15) is 106 Å². The zero-order valence-corrected chi connectivity index (χ0v) is 27.2. The fourth-order valence-electron chi connectivity index (χ4n) is 11.8. The van der Waals surface area contributed by atoms with E-state index in [9.17, 15) is 15.3 Å². The van der Waals surface area contributed by atoms with Crippen molar-refractivity contribution in [2.75, 3.05) is 26.2 Å². The predicted molar refractivity (Wildman–Crippen MR) is 180 cm³/mol. The fourth-order valence-corrected chi connectivity index (χ4v) is 11.8. The molecule has 0 spiro atoms. The van der Waals surface area contributed by atoms with Gasteiger partial charge in [-0.05, 0) is 136 Å². The first-order chi connectivity index (χ1) is 21.9. The highest BCUT2D eigenvalue weighted by atomic mass is 16.3. The molecule has 2 aromatic rings. The molecular formula is C40H54N2O3. The van der Waals surface area contributed by atoms with E-state index >= 15 is 0 Å². The van der Waals surface area contributed by atoms with Crippen LogP contribution in [0.2, 0.25) is 0 Å². The lowest BCUT2D eigenvalue weighted by Gasteiger charge is -2.64. The predicted octanol–water partition coefficient (Wildman–Crippen LogP) is 7.00. The lowest BCUT2D eigenvalue weighted by atomic mass is 9.49. The summed E-state index contributed by atoms with van der Waals surface area (Å²) >= 11 is 0. The highest BCUT2D eigenvalue weighted by Gasteiger charge is 2.63. The van der Waals surface area contributed by atoms with E-state index in [4.69, 9.17) is 0 Å². The summed E-state index contributed by atoms with van der Waals surface area (Å²) in [5.74, 6) is 2.42. The second-order valence-electron chi connectivity index (χ2n) is 16.0.